The third kappa shape index (κ3) is 3.14. The Morgan fingerprint density at radius 3 is 3.11 bits per heavy atom. The minimum Gasteiger partial charge on any atom is -0.489 e. The van der Waals surface area contributed by atoms with Gasteiger partial charge < -0.3 is 4.74 Å². The van der Waals surface area contributed by atoms with E-state index in [-0.39, 0.29) is 0 Å². The molecule has 18 heavy (non-hydrogen) atoms. The number of tetrazole rings is 1. The molecule has 2 rings (SSSR count). The largest absolute Gasteiger partial charge is 0.489 e. The van der Waals surface area contributed by atoms with Crippen molar-refractivity contribution in [1.29, 1.82) is 0 Å². The van der Waals surface area contributed by atoms with Gasteiger partial charge in [-0.15, -0.1) is 5.10 Å². The number of H-pyrrole nitrogens is 1. The lowest BCUT2D eigenvalue weighted by Crippen LogP contribution is -1.98. The van der Waals surface area contributed by atoms with Gasteiger partial charge in [0.15, 0.2) is 0 Å². The molecule has 92 valence electrons. The summed E-state index contributed by atoms with van der Waals surface area (Å²) in [7, 11) is 0. The zero-order valence-corrected chi connectivity index (χ0v) is 9.58. The molecule has 0 saturated heterocycles. The molecule has 2 N–H and O–H groups in total. The van der Waals surface area contributed by atoms with E-state index in [1.165, 1.54) is 0 Å². The SMILES string of the molecule is C=CCOc1ccccc1/C=N\Nc1nn[nH]n1. The van der Waals surface area contributed by atoms with E-state index in [2.05, 4.69) is 37.7 Å². The molecular formula is C11H12N6O. The van der Waals surface area contributed by atoms with E-state index in [9.17, 15) is 0 Å². The summed E-state index contributed by atoms with van der Waals surface area (Å²) in [4.78, 5) is 0. The molecule has 1 heterocycles. The van der Waals surface area contributed by atoms with Crippen LogP contribution in [0.15, 0.2) is 42.0 Å². The molecule has 0 aliphatic rings. The van der Waals surface area contributed by atoms with E-state index in [0.29, 0.717) is 12.6 Å². The molecule has 0 atom stereocenters. The van der Waals surface area contributed by atoms with Crippen LogP contribution in [0.5, 0.6) is 5.75 Å². The monoisotopic (exact) mass is 244 g/mol. The van der Waals surface area contributed by atoms with Crippen LogP contribution < -0.4 is 10.2 Å². The Hall–Kier alpha value is -2.70. The Balaban J connectivity index is 2.03. The number of anilines is 1. The van der Waals surface area contributed by atoms with Crippen LogP contribution in [-0.2, 0) is 0 Å². The summed E-state index contributed by atoms with van der Waals surface area (Å²) in [5.74, 6) is 1.03. The van der Waals surface area contributed by atoms with E-state index < -0.39 is 0 Å². The van der Waals surface area contributed by atoms with Crippen molar-refractivity contribution in [3.63, 3.8) is 0 Å². The summed E-state index contributed by atoms with van der Waals surface area (Å²) >= 11 is 0. The van der Waals surface area contributed by atoms with Crippen molar-refractivity contribution in [2.45, 2.75) is 0 Å². The van der Waals surface area contributed by atoms with Crippen molar-refractivity contribution in [2.75, 3.05) is 12.0 Å². The number of ether oxygens (including phenoxy) is 1. The standard InChI is InChI=1S/C11H12N6O/c1-2-7-18-10-6-4-3-5-9(10)8-12-13-11-14-16-17-15-11/h2-6,8H,1,7H2,(H2,13,14,15,16,17)/b12-8-. The second-order valence-corrected chi connectivity index (χ2v) is 3.24. The lowest BCUT2D eigenvalue weighted by atomic mass is 10.2. The Morgan fingerprint density at radius 2 is 2.33 bits per heavy atom. The molecule has 0 amide bonds. The van der Waals surface area contributed by atoms with E-state index in [1.807, 2.05) is 24.3 Å². The van der Waals surface area contributed by atoms with Gasteiger partial charge >= 0.3 is 0 Å². The van der Waals surface area contributed by atoms with Crippen LogP contribution in [0.3, 0.4) is 0 Å². The fraction of sp³-hybridized carbons (Fsp3) is 0.0909. The van der Waals surface area contributed by atoms with Crippen LogP contribution in [-0.4, -0.2) is 33.4 Å². The highest BCUT2D eigenvalue weighted by molar-refractivity contribution is 5.83. The van der Waals surface area contributed by atoms with Gasteiger partial charge in [-0.25, -0.2) is 5.43 Å². The first kappa shape index (κ1) is 11.8. The quantitative estimate of drug-likeness (QED) is 0.453. The highest BCUT2D eigenvalue weighted by Gasteiger charge is 1.99. The number of hydrogen-bond donors (Lipinski definition) is 2. The molecular weight excluding hydrogens is 232 g/mol. The number of hydrazone groups is 1. The fourth-order valence-corrected chi connectivity index (χ4v) is 1.24. The fourth-order valence-electron chi connectivity index (χ4n) is 1.24. The maximum Gasteiger partial charge on any atom is 0.283 e. The van der Waals surface area contributed by atoms with Gasteiger partial charge in [0.05, 0.1) is 6.21 Å². The molecule has 0 aliphatic heterocycles. The first-order chi connectivity index (χ1) is 8.90. The van der Waals surface area contributed by atoms with Crippen LogP contribution in [0, 0.1) is 0 Å². The molecule has 7 heteroatoms. The maximum atomic E-state index is 5.49. The second kappa shape index (κ2) is 6.14. The number of nitrogens with one attached hydrogen (secondary N) is 2. The number of aromatic nitrogens is 4. The van der Waals surface area contributed by atoms with Gasteiger partial charge in [-0.05, 0) is 17.3 Å². The second-order valence-electron chi connectivity index (χ2n) is 3.24. The lowest BCUT2D eigenvalue weighted by molar-refractivity contribution is 0.363. The summed E-state index contributed by atoms with van der Waals surface area (Å²) in [6, 6.07) is 7.54. The van der Waals surface area contributed by atoms with E-state index in [1.54, 1.807) is 12.3 Å². The first-order valence-corrected chi connectivity index (χ1v) is 5.25. The Kier molecular flexibility index (Phi) is 4.02. The first-order valence-electron chi connectivity index (χ1n) is 5.25. The third-order valence-electron chi connectivity index (χ3n) is 1.99. The van der Waals surface area contributed by atoms with Crippen molar-refractivity contribution in [3.05, 3.63) is 42.5 Å². The smallest absolute Gasteiger partial charge is 0.283 e. The molecule has 0 radical (unpaired) electrons. The predicted octanol–water partition coefficient (Wildman–Crippen LogP) is 1.21. The molecule has 0 aliphatic carbocycles. The number of nitrogens with zero attached hydrogens (tertiary/aromatic N) is 4. The number of benzene rings is 1. The summed E-state index contributed by atoms with van der Waals surface area (Å²) in [6.07, 6.45) is 3.31. The van der Waals surface area contributed by atoms with Crippen molar-refractivity contribution in [1.82, 2.24) is 20.6 Å². The van der Waals surface area contributed by atoms with Crippen molar-refractivity contribution >= 4 is 12.2 Å². The normalized spacial score (nSPS) is 10.4. The molecule has 7 nitrogen and oxygen atoms in total. The summed E-state index contributed by atoms with van der Waals surface area (Å²) in [6.45, 7) is 4.05. The lowest BCUT2D eigenvalue weighted by Gasteiger charge is -2.05. The van der Waals surface area contributed by atoms with E-state index >= 15 is 0 Å². The third-order valence-corrected chi connectivity index (χ3v) is 1.99. The number of para-hydroxylation sites is 1. The minimum atomic E-state index is 0.302. The van der Waals surface area contributed by atoms with E-state index in [0.717, 1.165) is 11.3 Å². The topological polar surface area (TPSA) is 88.1 Å². The molecule has 1 aromatic carbocycles. The minimum absolute atomic E-state index is 0.302. The van der Waals surface area contributed by atoms with Gasteiger partial charge in [0.1, 0.15) is 12.4 Å². The highest BCUT2D eigenvalue weighted by Crippen LogP contribution is 2.15. The Labute approximate surface area is 104 Å². The maximum absolute atomic E-state index is 5.49. The predicted molar refractivity (Wildman–Crippen MR) is 67.5 cm³/mol. The number of rotatable bonds is 6. The average molecular weight is 244 g/mol. The van der Waals surface area contributed by atoms with Crippen molar-refractivity contribution in [2.24, 2.45) is 5.10 Å². The number of aromatic amines is 1. The van der Waals surface area contributed by atoms with Crippen LogP contribution in [0.2, 0.25) is 0 Å². The molecule has 1 aromatic heterocycles. The zero-order valence-electron chi connectivity index (χ0n) is 9.58. The average Bonchev–Trinajstić information content (AvgIpc) is 2.91. The van der Waals surface area contributed by atoms with Gasteiger partial charge in [-0.2, -0.15) is 10.3 Å². The van der Waals surface area contributed by atoms with Gasteiger partial charge in [0.25, 0.3) is 5.95 Å². The summed E-state index contributed by atoms with van der Waals surface area (Å²) in [5, 5.41) is 17.1. The molecule has 0 spiro atoms. The molecule has 0 fully saturated rings. The van der Waals surface area contributed by atoms with Crippen LogP contribution in [0.4, 0.5) is 5.95 Å². The molecule has 0 saturated carbocycles. The van der Waals surface area contributed by atoms with Gasteiger partial charge in [0.2, 0.25) is 0 Å². The van der Waals surface area contributed by atoms with Gasteiger partial charge in [-0.1, -0.05) is 29.9 Å². The molecule has 0 bridgehead atoms. The molecule has 2 aromatic rings. The Bertz CT molecular complexity index is 522. The summed E-state index contributed by atoms with van der Waals surface area (Å²) < 4.78 is 5.49. The van der Waals surface area contributed by atoms with Crippen LogP contribution >= 0.6 is 0 Å². The molecule has 0 unspecified atom stereocenters. The van der Waals surface area contributed by atoms with Gasteiger partial charge in [0, 0.05) is 5.56 Å². The van der Waals surface area contributed by atoms with Gasteiger partial charge in [-0.3, -0.25) is 0 Å². The van der Waals surface area contributed by atoms with E-state index in [4.69, 9.17) is 4.74 Å². The van der Waals surface area contributed by atoms with Crippen LogP contribution in [0.1, 0.15) is 5.56 Å². The number of hydrogen-bond acceptors (Lipinski definition) is 6. The zero-order chi connectivity index (χ0) is 12.6. The van der Waals surface area contributed by atoms with Crippen molar-refractivity contribution < 1.29 is 4.74 Å². The van der Waals surface area contributed by atoms with Crippen molar-refractivity contribution in [3.8, 4) is 5.75 Å². The van der Waals surface area contributed by atoms with Crippen LogP contribution in [0.25, 0.3) is 0 Å². The highest BCUT2D eigenvalue weighted by atomic mass is 16.5. The Morgan fingerprint density at radius 1 is 1.44 bits per heavy atom. The summed E-state index contributed by atoms with van der Waals surface area (Å²) in [5.41, 5.74) is 3.48.